The maximum absolute atomic E-state index is 12.0. The Hall–Kier alpha value is -2.09. The fourth-order valence-corrected chi connectivity index (χ4v) is 1.97. The molecule has 0 spiro atoms. The number of nitrogens with one attached hydrogen (secondary N) is 1. The van der Waals surface area contributed by atoms with E-state index in [4.69, 9.17) is 0 Å². The lowest BCUT2D eigenvalue weighted by Gasteiger charge is -2.09. The van der Waals surface area contributed by atoms with E-state index in [-0.39, 0.29) is 11.9 Å². The first kappa shape index (κ1) is 17.0. The minimum absolute atomic E-state index is 0.00131. The Kier molecular flexibility index (Phi) is 7.24. The number of carbonyl (C=O) groups is 1. The summed E-state index contributed by atoms with van der Waals surface area (Å²) in [5.41, 5.74) is 1.99. The average molecular weight is 283 g/mol. The monoisotopic (exact) mass is 283 g/mol. The number of hydrogen-bond acceptors (Lipinski definition) is 1. The Morgan fingerprint density at radius 2 is 1.95 bits per heavy atom. The van der Waals surface area contributed by atoms with Crippen molar-refractivity contribution in [3.63, 3.8) is 0 Å². The molecule has 0 aliphatic rings. The standard InChI is InChI=1S/C19H25NO/c1-5-15(2)14-16(3)10-9-11-17(4)20-19(21)18-12-7-6-8-13-18/h5-13,15,17H,1,14H2,2-4H3,(H,20,21)/b11-9+,16-10+. The van der Waals surface area contributed by atoms with E-state index >= 15 is 0 Å². The fraction of sp³-hybridized carbons (Fsp3) is 0.316. The molecule has 0 aromatic heterocycles. The van der Waals surface area contributed by atoms with E-state index < -0.39 is 0 Å². The summed E-state index contributed by atoms with van der Waals surface area (Å²) in [4.78, 5) is 12.0. The largest absolute Gasteiger partial charge is 0.346 e. The Morgan fingerprint density at radius 3 is 2.57 bits per heavy atom. The first-order valence-electron chi connectivity index (χ1n) is 7.35. The summed E-state index contributed by atoms with van der Waals surface area (Å²) in [6.07, 6.45) is 9.05. The van der Waals surface area contributed by atoms with Gasteiger partial charge in [-0.25, -0.2) is 0 Å². The number of carbonyl (C=O) groups excluding carboxylic acids is 1. The normalized spacial score (nSPS) is 14.7. The van der Waals surface area contributed by atoms with E-state index in [2.05, 4.69) is 31.8 Å². The molecule has 0 aliphatic heterocycles. The number of amides is 1. The zero-order chi connectivity index (χ0) is 15.7. The number of benzene rings is 1. The lowest BCUT2D eigenvalue weighted by atomic mass is 10.0. The van der Waals surface area contributed by atoms with Gasteiger partial charge in [0.15, 0.2) is 0 Å². The molecule has 0 saturated heterocycles. The van der Waals surface area contributed by atoms with Crippen LogP contribution in [0, 0.1) is 5.92 Å². The second kappa shape index (κ2) is 8.96. The number of allylic oxidation sites excluding steroid dienone is 4. The Labute approximate surface area is 128 Å². The fourth-order valence-electron chi connectivity index (χ4n) is 1.97. The van der Waals surface area contributed by atoms with Crippen molar-refractivity contribution in [1.29, 1.82) is 0 Å². The second-order valence-electron chi connectivity index (χ2n) is 5.44. The van der Waals surface area contributed by atoms with Crippen LogP contribution in [0.1, 0.15) is 37.6 Å². The van der Waals surface area contributed by atoms with E-state index in [1.807, 2.05) is 55.5 Å². The highest BCUT2D eigenvalue weighted by Crippen LogP contribution is 2.11. The molecule has 1 amide bonds. The van der Waals surface area contributed by atoms with Crippen molar-refractivity contribution >= 4 is 5.91 Å². The van der Waals surface area contributed by atoms with E-state index in [0.717, 1.165) is 6.42 Å². The van der Waals surface area contributed by atoms with Gasteiger partial charge in [-0.2, -0.15) is 0 Å². The van der Waals surface area contributed by atoms with Crippen LogP contribution in [0.15, 0.2) is 66.8 Å². The van der Waals surface area contributed by atoms with Crippen LogP contribution in [-0.2, 0) is 0 Å². The molecule has 112 valence electrons. The Morgan fingerprint density at radius 1 is 1.29 bits per heavy atom. The zero-order valence-corrected chi connectivity index (χ0v) is 13.2. The minimum atomic E-state index is -0.0475. The maximum atomic E-state index is 12.0. The van der Waals surface area contributed by atoms with Crippen LogP contribution < -0.4 is 5.32 Å². The molecule has 0 heterocycles. The second-order valence-corrected chi connectivity index (χ2v) is 5.44. The quantitative estimate of drug-likeness (QED) is 0.578. The summed E-state index contributed by atoms with van der Waals surface area (Å²) in [5, 5.41) is 2.95. The van der Waals surface area contributed by atoms with Crippen LogP contribution in [0.2, 0.25) is 0 Å². The van der Waals surface area contributed by atoms with Gasteiger partial charge in [-0.15, -0.1) is 6.58 Å². The van der Waals surface area contributed by atoms with Gasteiger partial charge in [0.2, 0.25) is 0 Å². The first-order chi connectivity index (χ1) is 10.0. The van der Waals surface area contributed by atoms with Gasteiger partial charge in [0.25, 0.3) is 5.91 Å². The van der Waals surface area contributed by atoms with Gasteiger partial charge in [-0.1, -0.05) is 55.0 Å². The molecule has 0 fully saturated rings. The summed E-state index contributed by atoms with van der Waals surface area (Å²) in [6.45, 7) is 10.0. The number of rotatable bonds is 7. The van der Waals surface area contributed by atoms with E-state index in [9.17, 15) is 4.79 Å². The lowest BCUT2D eigenvalue weighted by molar-refractivity contribution is 0.0947. The zero-order valence-electron chi connectivity index (χ0n) is 13.2. The van der Waals surface area contributed by atoms with Gasteiger partial charge < -0.3 is 5.32 Å². The summed E-state index contributed by atoms with van der Waals surface area (Å²) in [7, 11) is 0. The maximum Gasteiger partial charge on any atom is 0.251 e. The van der Waals surface area contributed by atoms with Crippen LogP contribution in [0.5, 0.6) is 0 Å². The van der Waals surface area contributed by atoms with Gasteiger partial charge in [-0.05, 0) is 38.3 Å². The van der Waals surface area contributed by atoms with Crippen molar-refractivity contribution < 1.29 is 4.79 Å². The van der Waals surface area contributed by atoms with Gasteiger partial charge in [-0.3, -0.25) is 4.79 Å². The lowest BCUT2D eigenvalue weighted by Crippen LogP contribution is -2.30. The van der Waals surface area contributed by atoms with Crippen molar-refractivity contribution in [2.75, 3.05) is 0 Å². The van der Waals surface area contributed by atoms with Crippen molar-refractivity contribution in [3.8, 4) is 0 Å². The summed E-state index contributed by atoms with van der Waals surface area (Å²) in [6, 6.07) is 9.25. The molecule has 0 bridgehead atoms. The predicted octanol–water partition coefficient (Wildman–Crippen LogP) is 4.52. The Bertz CT molecular complexity index is 514. The summed E-state index contributed by atoms with van der Waals surface area (Å²) >= 11 is 0. The molecule has 2 unspecified atom stereocenters. The topological polar surface area (TPSA) is 29.1 Å². The third-order valence-corrected chi connectivity index (χ3v) is 3.22. The van der Waals surface area contributed by atoms with Crippen molar-refractivity contribution in [2.24, 2.45) is 5.92 Å². The highest BCUT2D eigenvalue weighted by molar-refractivity contribution is 5.94. The van der Waals surface area contributed by atoms with Crippen LogP contribution >= 0.6 is 0 Å². The average Bonchev–Trinajstić information content (AvgIpc) is 2.47. The van der Waals surface area contributed by atoms with Crippen LogP contribution in [0.4, 0.5) is 0 Å². The van der Waals surface area contributed by atoms with Crippen molar-refractivity contribution in [2.45, 2.75) is 33.2 Å². The van der Waals surface area contributed by atoms with E-state index in [0.29, 0.717) is 11.5 Å². The van der Waals surface area contributed by atoms with Crippen LogP contribution in [0.25, 0.3) is 0 Å². The predicted molar refractivity (Wildman–Crippen MR) is 90.2 cm³/mol. The number of hydrogen-bond donors (Lipinski definition) is 1. The van der Waals surface area contributed by atoms with Crippen LogP contribution in [0.3, 0.4) is 0 Å². The van der Waals surface area contributed by atoms with Crippen molar-refractivity contribution in [1.82, 2.24) is 5.32 Å². The van der Waals surface area contributed by atoms with Gasteiger partial charge in [0.1, 0.15) is 0 Å². The molecule has 0 saturated carbocycles. The van der Waals surface area contributed by atoms with E-state index in [1.54, 1.807) is 0 Å². The van der Waals surface area contributed by atoms with Crippen LogP contribution in [-0.4, -0.2) is 11.9 Å². The molecule has 1 N–H and O–H groups in total. The molecule has 1 rings (SSSR count). The third kappa shape index (κ3) is 6.75. The SMILES string of the molecule is C=CC(C)C/C(C)=C/C=C/C(C)NC(=O)c1ccccc1. The molecule has 1 aromatic carbocycles. The molecule has 0 radical (unpaired) electrons. The molecule has 2 nitrogen and oxygen atoms in total. The molecule has 1 aromatic rings. The minimum Gasteiger partial charge on any atom is -0.346 e. The molecule has 0 aliphatic carbocycles. The van der Waals surface area contributed by atoms with Gasteiger partial charge in [0.05, 0.1) is 0 Å². The van der Waals surface area contributed by atoms with E-state index in [1.165, 1.54) is 5.57 Å². The summed E-state index contributed by atoms with van der Waals surface area (Å²) in [5.74, 6) is 0.443. The highest BCUT2D eigenvalue weighted by atomic mass is 16.1. The smallest absolute Gasteiger partial charge is 0.251 e. The summed E-state index contributed by atoms with van der Waals surface area (Å²) < 4.78 is 0. The first-order valence-corrected chi connectivity index (χ1v) is 7.35. The molecule has 21 heavy (non-hydrogen) atoms. The Balaban J connectivity index is 2.48. The van der Waals surface area contributed by atoms with Gasteiger partial charge >= 0.3 is 0 Å². The molecular formula is C19H25NO. The van der Waals surface area contributed by atoms with Crippen molar-refractivity contribution in [3.05, 3.63) is 72.4 Å². The highest BCUT2D eigenvalue weighted by Gasteiger charge is 2.06. The van der Waals surface area contributed by atoms with Gasteiger partial charge in [0, 0.05) is 11.6 Å². The molecule has 2 heteroatoms. The third-order valence-electron chi connectivity index (χ3n) is 3.22. The molecule has 2 atom stereocenters. The molecular weight excluding hydrogens is 258 g/mol.